The largest absolute Gasteiger partial charge is 0.152 e. The Morgan fingerprint density at radius 1 is 1.00 bits per heavy atom. The number of rotatable bonds is 0. The summed E-state index contributed by atoms with van der Waals surface area (Å²) in [5.74, 6) is 0. The molecule has 31 valence electrons. The normalized spacial score (nSPS) is 6.67. The predicted molar refractivity (Wildman–Crippen MR) is 30.1 cm³/mol. The van der Waals surface area contributed by atoms with E-state index in [1.165, 1.54) is 0 Å². The topological polar surface area (TPSA) is 0 Å². The molecule has 2 heteroatoms. The van der Waals surface area contributed by atoms with E-state index in [1.54, 1.807) is 11.3 Å². The van der Waals surface area contributed by atoms with Crippen molar-refractivity contribution in [3.8, 4) is 0 Å². The number of thiophene rings is 1. The van der Waals surface area contributed by atoms with Crippen LogP contribution in [0.2, 0.25) is 0 Å². The molecule has 0 fully saturated rings. The Labute approximate surface area is 60.3 Å². The summed E-state index contributed by atoms with van der Waals surface area (Å²) >= 11 is 1.71. The van der Waals surface area contributed by atoms with Crippen LogP contribution in [-0.4, -0.2) is 26.2 Å². The first-order chi connectivity index (χ1) is 2.50. The summed E-state index contributed by atoms with van der Waals surface area (Å²) in [6.45, 7) is 0. The first-order valence-corrected chi connectivity index (χ1v) is 2.41. The van der Waals surface area contributed by atoms with Crippen molar-refractivity contribution in [3.05, 3.63) is 22.9 Å². The molecule has 0 N–H and O–H groups in total. The molecule has 1 heterocycles. The van der Waals surface area contributed by atoms with E-state index in [0.717, 1.165) is 0 Å². The maximum absolute atomic E-state index is 2.04. The van der Waals surface area contributed by atoms with Crippen molar-refractivity contribution in [1.29, 1.82) is 0 Å². The zero-order valence-corrected chi connectivity index (χ0v) is 7.46. The zero-order valence-electron chi connectivity index (χ0n) is 3.16. The molecule has 0 saturated carbocycles. The average molecular weight is 293 g/mol. The second-order valence-electron chi connectivity index (χ2n) is 0.793. The van der Waals surface area contributed by atoms with Crippen LogP contribution < -0.4 is 0 Å². The third-order valence-electron chi connectivity index (χ3n) is 0.425. The van der Waals surface area contributed by atoms with E-state index in [4.69, 9.17) is 0 Å². The van der Waals surface area contributed by atoms with Gasteiger partial charge in [0.1, 0.15) is 0 Å². The quantitative estimate of drug-likeness (QED) is 0.634. The summed E-state index contributed by atoms with van der Waals surface area (Å²) in [7, 11) is 0. The molecule has 0 unspecified atom stereocenters. The Morgan fingerprint density at radius 3 is 1.67 bits per heavy atom. The number of hydrogen-bond donors (Lipinski definition) is 0. The minimum atomic E-state index is 0. The third kappa shape index (κ3) is 1.89. The van der Waals surface area contributed by atoms with E-state index >= 15 is 0 Å². The maximum Gasteiger partial charge on any atom is 0 e. The first-order valence-electron chi connectivity index (χ1n) is 1.47. The van der Waals surface area contributed by atoms with Crippen LogP contribution >= 0.6 is 11.3 Å². The van der Waals surface area contributed by atoms with E-state index in [0.29, 0.717) is 0 Å². The van der Waals surface area contributed by atoms with Crippen molar-refractivity contribution in [2.24, 2.45) is 0 Å². The molecule has 0 aliphatic heterocycles. The van der Waals surface area contributed by atoms with E-state index in [9.17, 15) is 0 Å². The summed E-state index contributed by atoms with van der Waals surface area (Å²) < 4.78 is 0. The van der Waals surface area contributed by atoms with Crippen molar-refractivity contribution in [2.75, 3.05) is 0 Å². The SMILES string of the molecule is [Bi].c1ccsc1. The van der Waals surface area contributed by atoms with E-state index < -0.39 is 0 Å². The van der Waals surface area contributed by atoms with Crippen LogP contribution in [0, 0.1) is 0 Å². The molecule has 0 spiro atoms. The molecule has 0 aliphatic carbocycles. The third-order valence-corrected chi connectivity index (χ3v) is 1.05. The molecule has 6 heavy (non-hydrogen) atoms. The fourth-order valence-electron chi connectivity index (χ4n) is 0.227. The van der Waals surface area contributed by atoms with Gasteiger partial charge < -0.3 is 0 Å². The molecule has 0 aliphatic rings. The summed E-state index contributed by atoms with van der Waals surface area (Å²) in [5, 5.41) is 4.08. The zero-order chi connectivity index (χ0) is 3.54. The molecular formula is C4H4BiS. The molecule has 3 radical (unpaired) electrons. The molecule has 1 aromatic rings. The van der Waals surface area contributed by atoms with Crippen molar-refractivity contribution in [1.82, 2.24) is 0 Å². The van der Waals surface area contributed by atoms with Gasteiger partial charge in [-0.15, -0.1) is 0 Å². The van der Waals surface area contributed by atoms with E-state index in [1.807, 2.05) is 22.9 Å². The van der Waals surface area contributed by atoms with Gasteiger partial charge in [0.05, 0.1) is 0 Å². The monoisotopic (exact) mass is 293 g/mol. The molecule has 0 bridgehead atoms. The van der Waals surface area contributed by atoms with Crippen LogP contribution in [0.1, 0.15) is 0 Å². The van der Waals surface area contributed by atoms with Crippen LogP contribution in [0.4, 0.5) is 0 Å². The Morgan fingerprint density at radius 2 is 1.50 bits per heavy atom. The summed E-state index contributed by atoms with van der Waals surface area (Å²) in [6, 6.07) is 4.04. The molecular weight excluding hydrogens is 289 g/mol. The van der Waals surface area contributed by atoms with Crippen LogP contribution in [0.15, 0.2) is 22.9 Å². The Bertz CT molecular complexity index is 64.0. The van der Waals surface area contributed by atoms with Crippen molar-refractivity contribution in [3.63, 3.8) is 0 Å². The van der Waals surface area contributed by atoms with Gasteiger partial charge in [-0.1, -0.05) is 12.1 Å². The fraction of sp³-hybridized carbons (Fsp3) is 0. The van der Waals surface area contributed by atoms with Gasteiger partial charge in [-0.25, -0.2) is 0 Å². The van der Waals surface area contributed by atoms with E-state index in [-0.39, 0.29) is 26.2 Å². The molecule has 1 aromatic heterocycles. The van der Waals surface area contributed by atoms with Gasteiger partial charge in [0.2, 0.25) is 0 Å². The van der Waals surface area contributed by atoms with Crippen LogP contribution in [0.3, 0.4) is 0 Å². The molecule has 0 amide bonds. The van der Waals surface area contributed by atoms with Crippen molar-refractivity contribution >= 4 is 37.5 Å². The average Bonchev–Trinajstić information content (AvgIpc) is 1.76. The van der Waals surface area contributed by atoms with E-state index in [2.05, 4.69) is 0 Å². The van der Waals surface area contributed by atoms with Crippen LogP contribution in [0.5, 0.6) is 0 Å². The van der Waals surface area contributed by atoms with Gasteiger partial charge in [-0.2, -0.15) is 11.3 Å². The van der Waals surface area contributed by atoms with Gasteiger partial charge in [-0.3, -0.25) is 0 Å². The molecule has 1 rings (SSSR count). The van der Waals surface area contributed by atoms with Gasteiger partial charge in [0.15, 0.2) is 0 Å². The Balaban J connectivity index is 0.000000250. The Kier molecular flexibility index (Phi) is 4.13. The van der Waals surface area contributed by atoms with Gasteiger partial charge in [-0.05, 0) is 10.8 Å². The molecule has 0 aromatic carbocycles. The minimum Gasteiger partial charge on any atom is -0.152 e. The first kappa shape index (κ1) is 6.58. The minimum absolute atomic E-state index is 0. The fourth-order valence-corrected chi connectivity index (χ4v) is 0.680. The van der Waals surface area contributed by atoms with Crippen LogP contribution in [0.25, 0.3) is 0 Å². The molecule has 0 nitrogen and oxygen atoms in total. The second kappa shape index (κ2) is 3.76. The molecule has 0 saturated heterocycles. The summed E-state index contributed by atoms with van der Waals surface area (Å²) in [6.07, 6.45) is 0. The van der Waals surface area contributed by atoms with Crippen molar-refractivity contribution in [2.45, 2.75) is 0 Å². The van der Waals surface area contributed by atoms with Crippen LogP contribution in [-0.2, 0) is 0 Å². The predicted octanol–water partition coefficient (Wildman–Crippen LogP) is 1.37. The van der Waals surface area contributed by atoms with Gasteiger partial charge >= 0.3 is 0 Å². The smallest absolute Gasteiger partial charge is 0 e. The standard InChI is InChI=1S/C4H4S.Bi/c1-2-4-5-3-1;/h1-4H;. The maximum atomic E-state index is 2.04. The Hall–Kier alpha value is 0.583. The van der Waals surface area contributed by atoms with Gasteiger partial charge in [0.25, 0.3) is 0 Å². The molecule has 0 atom stereocenters. The summed E-state index contributed by atoms with van der Waals surface area (Å²) in [4.78, 5) is 0. The van der Waals surface area contributed by atoms with Crippen molar-refractivity contribution < 1.29 is 0 Å². The van der Waals surface area contributed by atoms with Gasteiger partial charge in [0, 0.05) is 26.2 Å². The number of hydrogen-bond acceptors (Lipinski definition) is 1. The summed E-state index contributed by atoms with van der Waals surface area (Å²) in [5.41, 5.74) is 0. The second-order valence-corrected chi connectivity index (χ2v) is 1.61.